The quantitative estimate of drug-likeness (QED) is 0.770. The second kappa shape index (κ2) is 7.34. The Morgan fingerprint density at radius 3 is 2.85 bits per heavy atom. The maximum atomic E-state index is 13.0. The van der Waals surface area contributed by atoms with Crippen LogP contribution >= 0.6 is 0 Å². The van der Waals surface area contributed by atoms with Crippen molar-refractivity contribution < 1.29 is 9.18 Å². The molecule has 1 amide bonds. The third kappa shape index (κ3) is 3.63. The number of amides is 1. The molecule has 0 bridgehead atoms. The number of halogens is 1. The lowest BCUT2D eigenvalue weighted by atomic mass is 9.97. The number of aryl methyl sites for hydroxylation is 1. The van der Waals surface area contributed by atoms with E-state index in [0.717, 1.165) is 42.2 Å². The average molecular weight is 367 g/mol. The molecule has 0 saturated carbocycles. The molecule has 4 rings (SSSR count). The van der Waals surface area contributed by atoms with Gasteiger partial charge in [0.1, 0.15) is 5.82 Å². The SMILES string of the molecule is Cc1cccc2nnc(N3CCC[C@@H](C(=O)NCc4ccc(F)cc4)C3)n12. The maximum absolute atomic E-state index is 13.0. The highest BCUT2D eigenvalue weighted by atomic mass is 19.1. The molecule has 6 nitrogen and oxygen atoms in total. The van der Waals surface area contributed by atoms with Crippen molar-refractivity contribution in [2.75, 3.05) is 18.0 Å². The monoisotopic (exact) mass is 367 g/mol. The predicted molar refractivity (Wildman–Crippen MR) is 101 cm³/mol. The first kappa shape index (κ1) is 17.5. The average Bonchev–Trinajstić information content (AvgIpc) is 3.13. The first-order valence-electron chi connectivity index (χ1n) is 9.19. The summed E-state index contributed by atoms with van der Waals surface area (Å²) in [4.78, 5) is 14.8. The van der Waals surface area contributed by atoms with Gasteiger partial charge in [-0.3, -0.25) is 9.20 Å². The zero-order valence-corrected chi connectivity index (χ0v) is 15.2. The Morgan fingerprint density at radius 1 is 1.22 bits per heavy atom. The van der Waals surface area contributed by atoms with Crippen molar-refractivity contribution in [3.63, 3.8) is 0 Å². The number of piperidine rings is 1. The van der Waals surface area contributed by atoms with Crippen LogP contribution in [0, 0.1) is 18.7 Å². The molecule has 0 spiro atoms. The highest BCUT2D eigenvalue weighted by Crippen LogP contribution is 2.23. The van der Waals surface area contributed by atoms with Gasteiger partial charge in [0.2, 0.25) is 11.9 Å². The Hall–Kier alpha value is -2.96. The Balaban J connectivity index is 1.44. The lowest BCUT2D eigenvalue weighted by Gasteiger charge is -2.32. The van der Waals surface area contributed by atoms with Crippen molar-refractivity contribution in [1.82, 2.24) is 19.9 Å². The highest BCUT2D eigenvalue weighted by molar-refractivity contribution is 5.79. The minimum absolute atomic E-state index is 0.0227. The van der Waals surface area contributed by atoms with E-state index >= 15 is 0 Å². The summed E-state index contributed by atoms with van der Waals surface area (Å²) >= 11 is 0. The number of rotatable bonds is 4. The number of hydrogen-bond acceptors (Lipinski definition) is 4. The standard InChI is InChI=1S/C20H22FN5O/c1-14-4-2-6-18-23-24-20(26(14)18)25-11-3-5-16(13-25)19(27)22-12-15-7-9-17(21)10-8-15/h2,4,6-10,16H,3,5,11-13H2,1H3,(H,22,27)/t16-/m1/s1. The normalized spacial score (nSPS) is 17.3. The van der Waals surface area contributed by atoms with Crippen LogP contribution in [0.2, 0.25) is 0 Å². The molecule has 2 aromatic heterocycles. The number of benzene rings is 1. The number of anilines is 1. The van der Waals surface area contributed by atoms with E-state index in [1.165, 1.54) is 12.1 Å². The van der Waals surface area contributed by atoms with Gasteiger partial charge in [0.05, 0.1) is 5.92 Å². The smallest absolute Gasteiger partial charge is 0.231 e. The van der Waals surface area contributed by atoms with Gasteiger partial charge in [-0.15, -0.1) is 10.2 Å². The predicted octanol–water partition coefficient (Wildman–Crippen LogP) is 2.71. The molecule has 1 aliphatic heterocycles. The van der Waals surface area contributed by atoms with E-state index in [4.69, 9.17) is 0 Å². The maximum Gasteiger partial charge on any atom is 0.231 e. The van der Waals surface area contributed by atoms with Gasteiger partial charge in [-0.05, 0) is 49.6 Å². The van der Waals surface area contributed by atoms with Crippen LogP contribution in [0.3, 0.4) is 0 Å². The van der Waals surface area contributed by atoms with Crippen LogP contribution in [0.25, 0.3) is 5.65 Å². The van der Waals surface area contributed by atoms with Crippen LogP contribution in [-0.2, 0) is 11.3 Å². The van der Waals surface area contributed by atoms with Gasteiger partial charge in [-0.1, -0.05) is 18.2 Å². The van der Waals surface area contributed by atoms with Gasteiger partial charge in [-0.2, -0.15) is 0 Å². The molecule has 1 fully saturated rings. The summed E-state index contributed by atoms with van der Waals surface area (Å²) in [6.45, 7) is 3.90. The van der Waals surface area contributed by atoms with E-state index < -0.39 is 0 Å². The fourth-order valence-corrected chi connectivity index (χ4v) is 3.60. The molecule has 7 heteroatoms. The Kier molecular flexibility index (Phi) is 4.75. The van der Waals surface area contributed by atoms with Crippen LogP contribution in [0.4, 0.5) is 10.3 Å². The van der Waals surface area contributed by atoms with Crippen molar-refractivity contribution in [2.24, 2.45) is 5.92 Å². The first-order valence-corrected chi connectivity index (χ1v) is 9.19. The summed E-state index contributed by atoms with van der Waals surface area (Å²) < 4.78 is 15.0. The van der Waals surface area contributed by atoms with E-state index in [2.05, 4.69) is 20.4 Å². The largest absolute Gasteiger partial charge is 0.352 e. The van der Waals surface area contributed by atoms with Gasteiger partial charge in [-0.25, -0.2) is 4.39 Å². The molecule has 0 radical (unpaired) electrons. The summed E-state index contributed by atoms with van der Waals surface area (Å²) in [6.07, 6.45) is 1.77. The number of hydrogen-bond donors (Lipinski definition) is 1. The molecule has 0 unspecified atom stereocenters. The third-order valence-electron chi connectivity index (χ3n) is 5.06. The van der Waals surface area contributed by atoms with Crippen LogP contribution < -0.4 is 10.2 Å². The summed E-state index contributed by atoms with van der Waals surface area (Å²) in [5, 5.41) is 11.6. The first-order chi connectivity index (χ1) is 13.1. The van der Waals surface area contributed by atoms with E-state index in [9.17, 15) is 9.18 Å². The van der Waals surface area contributed by atoms with Crippen molar-refractivity contribution in [3.05, 3.63) is 59.5 Å². The fraction of sp³-hybridized carbons (Fsp3) is 0.350. The molecular formula is C20H22FN5O. The third-order valence-corrected chi connectivity index (χ3v) is 5.06. The molecule has 3 aromatic rings. The van der Waals surface area contributed by atoms with E-state index in [1.54, 1.807) is 12.1 Å². The number of aromatic nitrogens is 3. The lowest BCUT2D eigenvalue weighted by molar-refractivity contribution is -0.125. The van der Waals surface area contributed by atoms with Crippen LogP contribution in [0.15, 0.2) is 42.5 Å². The van der Waals surface area contributed by atoms with Gasteiger partial charge in [0.15, 0.2) is 5.65 Å². The number of nitrogens with one attached hydrogen (secondary N) is 1. The van der Waals surface area contributed by atoms with Crippen LogP contribution in [0.5, 0.6) is 0 Å². The second-order valence-electron chi connectivity index (χ2n) is 6.99. The zero-order chi connectivity index (χ0) is 18.8. The molecule has 3 heterocycles. The molecule has 1 aromatic carbocycles. The topological polar surface area (TPSA) is 62.5 Å². The minimum Gasteiger partial charge on any atom is -0.352 e. The zero-order valence-electron chi connectivity index (χ0n) is 15.2. The Bertz CT molecular complexity index is 953. The van der Waals surface area contributed by atoms with Gasteiger partial charge < -0.3 is 10.2 Å². The molecule has 140 valence electrons. The minimum atomic E-state index is -0.274. The second-order valence-corrected chi connectivity index (χ2v) is 6.99. The Labute approximate surface area is 157 Å². The van der Waals surface area contributed by atoms with E-state index in [0.29, 0.717) is 13.1 Å². The summed E-state index contributed by atoms with van der Waals surface area (Å²) in [6, 6.07) is 12.1. The van der Waals surface area contributed by atoms with Crippen molar-refractivity contribution in [3.8, 4) is 0 Å². The fourth-order valence-electron chi connectivity index (χ4n) is 3.60. The van der Waals surface area contributed by atoms with Crippen molar-refractivity contribution in [1.29, 1.82) is 0 Å². The van der Waals surface area contributed by atoms with Crippen LogP contribution in [0.1, 0.15) is 24.1 Å². The van der Waals surface area contributed by atoms with Gasteiger partial charge in [0, 0.05) is 25.3 Å². The Morgan fingerprint density at radius 2 is 2.04 bits per heavy atom. The number of fused-ring (bicyclic) bond motifs is 1. The summed E-state index contributed by atoms with van der Waals surface area (Å²) in [5.41, 5.74) is 2.76. The lowest BCUT2D eigenvalue weighted by Crippen LogP contribution is -2.43. The molecule has 0 aliphatic carbocycles. The molecule has 27 heavy (non-hydrogen) atoms. The van der Waals surface area contributed by atoms with E-state index in [1.807, 2.05) is 29.5 Å². The number of carbonyl (C=O) groups excluding carboxylic acids is 1. The van der Waals surface area contributed by atoms with Crippen molar-refractivity contribution >= 4 is 17.5 Å². The molecule has 1 atom stereocenters. The summed E-state index contributed by atoms with van der Waals surface area (Å²) in [7, 11) is 0. The van der Waals surface area contributed by atoms with Crippen LogP contribution in [-0.4, -0.2) is 33.6 Å². The number of nitrogens with zero attached hydrogens (tertiary/aromatic N) is 4. The molecule has 1 saturated heterocycles. The highest BCUT2D eigenvalue weighted by Gasteiger charge is 2.28. The number of pyridine rings is 1. The van der Waals surface area contributed by atoms with Crippen molar-refractivity contribution in [2.45, 2.75) is 26.3 Å². The molecular weight excluding hydrogens is 345 g/mol. The summed E-state index contributed by atoms with van der Waals surface area (Å²) in [5.74, 6) is 0.438. The van der Waals surface area contributed by atoms with Gasteiger partial charge >= 0.3 is 0 Å². The van der Waals surface area contributed by atoms with E-state index in [-0.39, 0.29) is 17.6 Å². The molecule has 1 N–H and O–H groups in total. The number of carbonyl (C=O) groups is 1. The molecule has 1 aliphatic rings. The van der Waals surface area contributed by atoms with Gasteiger partial charge in [0.25, 0.3) is 0 Å².